The minimum absolute atomic E-state index is 0.0991. The number of nitrogens with zero attached hydrogens (tertiary/aromatic N) is 1. The van der Waals surface area contributed by atoms with Gasteiger partial charge in [0.15, 0.2) is 0 Å². The quantitative estimate of drug-likeness (QED) is 0.681. The number of carbonyl (C=O) groups is 1. The van der Waals surface area contributed by atoms with E-state index in [-0.39, 0.29) is 5.97 Å². The molecule has 1 aliphatic rings. The molecule has 1 saturated heterocycles. The van der Waals surface area contributed by atoms with E-state index in [2.05, 4.69) is 17.3 Å². The van der Waals surface area contributed by atoms with Gasteiger partial charge in [-0.15, -0.1) is 0 Å². The highest BCUT2D eigenvalue weighted by Crippen LogP contribution is 2.07. The number of ether oxygens (including phenoxy) is 1. The van der Waals surface area contributed by atoms with Gasteiger partial charge < -0.3 is 15.0 Å². The summed E-state index contributed by atoms with van der Waals surface area (Å²) in [5, 5.41) is 3.40. The van der Waals surface area contributed by atoms with Gasteiger partial charge in [0.25, 0.3) is 0 Å². The summed E-state index contributed by atoms with van der Waals surface area (Å²) in [5.41, 5.74) is 0. The van der Waals surface area contributed by atoms with E-state index >= 15 is 0 Å². The lowest BCUT2D eigenvalue weighted by atomic mass is 10.1. The largest absolute Gasteiger partial charge is 0.466 e. The fourth-order valence-electron chi connectivity index (χ4n) is 1.82. The monoisotopic (exact) mass is 214 g/mol. The first-order valence-corrected chi connectivity index (χ1v) is 5.80. The normalized spacial score (nSPS) is 19.1. The molecule has 1 fully saturated rings. The maximum Gasteiger partial charge on any atom is 0.307 e. The molecule has 88 valence electrons. The summed E-state index contributed by atoms with van der Waals surface area (Å²) in [6, 6.07) is 0.579. The van der Waals surface area contributed by atoms with Crippen LogP contribution in [0.4, 0.5) is 0 Å². The zero-order chi connectivity index (χ0) is 11.1. The predicted octanol–water partition coefficient (Wildman–Crippen LogP) is 0.623. The van der Waals surface area contributed by atoms with Crippen molar-refractivity contribution in [3.05, 3.63) is 0 Å². The van der Waals surface area contributed by atoms with E-state index in [4.69, 9.17) is 4.74 Å². The van der Waals surface area contributed by atoms with Gasteiger partial charge in [-0.25, -0.2) is 0 Å². The van der Waals surface area contributed by atoms with Gasteiger partial charge in [0.1, 0.15) is 0 Å². The third kappa shape index (κ3) is 5.14. The molecule has 0 spiro atoms. The molecule has 1 aliphatic heterocycles. The predicted molar refractivity (Wildman–Crippen MR) is 59.8 cm³/mol. The maximum atomic E-state index is 11.1. The standard InChI is InChI=1S/C11H22N2O2/c1-3-15-11(14)4-7-12-10-5-8-13(2)9-6-10/h10,12H,3-9H2,1-2H3. The number of piperidine rings is 1. The number of rotatable bonds is 5. The van der Waals surface area contributed by atoms with Crippen molar-refractivity contribution in [1.82, 2.24) is 10.2 Å². The van der Waals surface area contributed by atoms with Crippen molar-refractivity contribution in [1.29, 1.82) is 0 Å². The molecular formula is C11H22N2O2. The van der Waals surface area contributed by atoms with Crippen LogP contribution >= 0.6 is 0 Å². The van der Waals surface area contributed by atoms with Crippen LogP contribution in [0.25, 0.3) is 0 Å². The first-order chi connectivity index (χ1) is 7.22. The van der Waals surface area contributed by atoms with Gasteiger partial charge in [-0.2, -0.15) is 0 Å². The minimum Gasteiger partial charge on any atom is -0.466 e. The van der Waals surface area contributed by atoms with E-state index in [1.54, 1.807) is 0 Å². The summed E-state index contributed by atoms with van der Waals surface area (Å²) in [5.74, 6) is -0.0991. The van der Waals surface area contributed by atoms with E-state index < -0.39 is 0 Å². The van der Waals surface area contributed by atoms with Crippen LogP contribution in [0.5, 0.6) is 0 Å². The topological polar surface area (TPSA) is 41.6 Å². The molecule has 0 aliphatic carbocycles. The van der Waals surface area contributed by atoms with Crippen LogP contribution in [-0.4, -0.2) is 50.2 Å². The number of carbonyl (C=O) groups excluding carboxylic acids is 1. The van der Waals surface area contributed by atoms with Gasteiger partial charge in [0, 0.05) is 12.6 Å². The molecular weight excluding hydrogens is 192 g/mol. The van der Waals surface area contributed by atoms with Gasteiger partial charge >= 0.3 is 5.97 Å². The van der Waals surface area contributed by atoms with E-state index in [1.165, 1.54) is 12.8 Å². The SMILES string of the molecule is CCOC(=O)CCNC1CCN(C)CC1. The average Bonchev–Trinajstić information content (AvgIpc) is 2.21. The second-order valence-corrected chi connectivity index (χ2v) is 4.09. The van der Waals surface area contributed by atoms with Gasteiger partial charge in [0.2, 0.25) is 0 Å². The first kappa shape index (κ1) is 12.5. The van der Waals surface area contributed by atoms with Crippen molar-refractivity contribution >= 4 is 5.97 Å². The van der Waals surface area contributed by atoms with Crippen LogP contribution in [0.2, 0.25) is 0 Å². The van der Waals surface area contributed by atoms with E-state index in [9.17, 15) is 4.79 Å². The molecule has 0 atom stereocenters. The number of hydrogen-bond donors (Lipinski definition) is 1. The molecule has 0 bridgehead atoms. The van der Waals surface area contributed by atoms with E-state index in [0.717, 1.165) is 19.6 Å². The lowest BCUT2D eigenvalue weighted by molar-refractivity contribution is -0.143. The summed E-state index contributed by atoms with van der Waals surface area (Å²) in [7, 11) is 2.15. The van der Waals surface area contributed by atoms with E-state index in [1.807, 2.05) is 6.92 Å². The number of hydrogen-bond acceptors (Lipinski definition) is 4. The Morgan fingerprint density at radius 1 is 1.47 bits per heavy atom. The number of esters is 1. The lowest BCUT2D eigenvalue weighted by Crippen LogP contribution is -2.41. The van der Waals surface area contributed by atoms with Crippen molar-refractivity contribution in [2.24, 2.45) is 0 Å². The highest BCUT2D eigenvalue weighted by molar-refractivity contribution is 5.69. The Hall–Kier alpha value is -0.610. The van der Waals surface area contributed by atoms with Crippen LogP contribution in [-0.2, 0) is 9.53 Å². The molecule has 0 saturated carbocycles. The van der Waals surface area contributed by atoms with Crippen molar-refractivity contribution in [2.45, 2.75) is 32.2 Å². The highest BCUT2D eigenvalue weighted by Gasteiger charge is 2.15. The second-order valence-electron chi connectivity index (χ2n) is 4.09. The second kappa shape index (κ2) is 6.80. The molecule has 1 N–H and O–H groups in total. The summed E-state index contributed by atoms with van der Waals surface area (Å²) in [4.78, 5) is 13.4. The van der Waals surface area contributed by atoms with Crippen LogP contribution in [0.15, 0.2) is 0 Å². The van der Waals surface area contributed by atoms with Crippen LogP contribution in [0, 0.1) is 0 Å². The van der Waals surface area contributed by atoms with Gasteiger partial charge in [-0.05, 0) is 39.9 Å². The Morgan fingerprint density at radius 2 is 2.13 bits per heavy atom. The van der Waals surface area contributed by atoms with Crippen LogP contribution in [0.1, 0.15) is 26.2 Å². The van der Waals surface area contributed by atoms with Gasteiger partial charge in [-0.1, -0.05) is 0 Å². The summed E-state index contributed by atoms with van der Waals surface area (Å²) >= 11 is 0. The molecule has 4 nitrogen and oxygen atoms in total. The fourth-order valence-corrected chi connectivity index (χ4v) is 1.82. The lowest BCUT2D eigenvalue weighted by Gasteiger charge is -2.29. The molecule has 0 aromatic carbocycles. The Labute approximate surface area is 92.0 Å². The third-order valence-corrected chi connectivity index (χ3v) is 2.79. The fraction of sp³-hybridized carbons (Fsp3) is 0.909. The Kier molecular flexibility index (Phi) is 5.65. The highest BCUT2D eigenvalue weighted by atomic mass is 16.5. The van der Waals surface area contributed by atoms with Crippen LogP contribution in [0.3, 0.4) is 0 Å². The summed E-state index contributed by atoms with van der Waals surface area (Å²) in [6.07, 6.45) is 2.85. The molecule has 0 aromatic rings. The Balaban J connectivity index is 2.02. The van der Waals surface area contributed by atoms with Gasteiger partial charge in [0.05, 0.1) is 13.0 Å². The molecule has 4 heteroatoms. The number of likely N-dealkylation sites (tertiary alicyclic amines) is 1. The zero-order valence-electron chi connectivity index (χ0n) is 9.79. The minimum atomic E-state index is -0.0991. The summed E-state index contributed by atoms with van der Waals surface area (Å²) in [6.45, 7) is 5.36. The van der Waals surface area contributed by atoms with Crippen molar-refractivity contribution < 1.29 is 9.53 Å². The van der Waals surface area contributed by atoms with Gasteiger partial charge in [-0.3, -0.25) is 4.79 Å². The first-order valence-electron chi connectivity index (χ1n) is 5.80. The van der Waals surface area contributed by atoms with Crippen molar-refractivity contribution in [2.75, 3.05) is 33.3 Å². The number of nitrogens with one attached hydrogen (secondary N) is 1. The van der Waals surface area contributed by atoms with Crippen molar-refractivity contribution in [3.8, 4) is 0 Å². The van der Waals surface area contributed by atoms with Crippen molar-refractivity contribution in [3.63, 3.8) is 0 Å². The molecule has 15 heavy (non-hydrogen) atoms. The Bertz CT molecular complexity index is 189. The third-order valence-electron chi connectivity index (χ3n) is 2.79. The van der Waals surface area contributed by atoms with E-state index in [0.29, 0.717) is 19.1 Å². The molecule has 1 heterocycles. The average molecular weight is 214 g/mol. The Morgan fingerprint density at radius 3 is 2.73 bits per heavy atom. The zero-order valence-corrected chi connectivity index (χ0v) is 9.79. The molecule has 0 radical (unpaired) electrons. The molecule has 0 amide bonds. The molecule has 0 aromatic heterocycles. The molecule has 0 unspecified atom stereocenters. The maximum absolute atomic E-state index is 11.1. The van der Waals surface area contributed by atoms with Crippen LogP contribution < -0.4 is 5.32 Å². The molecule has 1 rings (SSSR count). The smallest absolute Gasteiger partial charge is 0.307 e. The summed E-state index contributed by atoms with van der Waals surface area (Å²) < 4.78 is 4.86.